The Labute approximate surface area is 134 Å². The number of hydrogen-bond acceptors (Lipinski definition) is 4. The standard InChI is InChI=1S/C16H23FN2O4/c17-12-4-6-13(7-5-12)22-11-15-9-8-14(23-15)3-1-2-10-19(21)16(18)20/h4-7,14-15,21H,1-3,8-11H2,(H2,18,20)/t14-,15+/m1/s1. The highest BCUT2D eigenvalue weighted by Gasteiger charge is 2.25. The number of unbranched alkanes of at least 4 members (excludes halogenated alkanes) is 1. The first-order valence-electron chi connectivity index (χ1n) is 7.84. The van der Waals surface area contributed by atoms with Gasteiger partial charge in [-0.15, -0.1) is 0 Å². The minimum absolute atomic E-state index is 0.0463. The molecule has 0 saturated carbocycles. The zero-order valence-electron chi connectivity index (χ0n) is 13.0. The summed E-state index contributed by atoms with van der Waals surface area (Å²) >= 11 is 0. The number of hydrogen-bond donors (Lipinski definition) is 2. The van der Waals surface area contributed by atoms with Crippen molar-refractivity contribution in [3.63, 3.8) is 0 Å². The van der Waals surface area contributed by atoms with E-state index in [2.05, 4.69) is 0 Å². The lowest BCUT2D eigenvalue weighted by atomic mass is 10.1. The summed E-state index contributed by atoms with van der Waals surface area (Å²) in [5.41, 5.74) is 4.93. The van der Waals surface area contributed by atoms with Gasteiger partial charge < -0.3 is 15.2 Å². The summed E-state index contributed by atoms with van der Waals surface area (Å²) in [6, 6.07) is 5.09. The molecule has 0 radical (unpaired) electrons. The van der Waals surface area contributed by atoms with Gasteiger partial charge >= 0.3 is 6.03 Å². The SMILES string of the molecule is NC(=O)N(O)CCCC[C@@H]1CC[C@@H](COc2ccc(F)cc2)O1. The van der Waals surface area contributed by atoms with Gasteiger partial charge in [-0.25, -0.2) is 14.2 Å². The predicted octanol–water partition coefficient (Wildman–Crippen LogP) is 2.69. The predicted molar refractivity (Wildman–Crippen MR) is 81.7 cm³/mol. The molecule has 6 nitrogen and oxygen atoms in total. The third kappa shape index (κ3) is 6.03. The van der Waals surface area contributed by atoms with Crippen molar-refractivity contribution in [2.45, 2.75) is 44.3 Å². The molecular weight excluding hydrogens is 303 g/mol. The maximum absolute atomic E-state index is 12.8. The highest BCUT2D eigenvalue weighted by atomic mass is 19.1. The normalized spacial score (nSPS) is 20.4. The van der Waals surface area contributed by atoms with Crippen molar-refractivity contribution in [3.05, 3.63) is 30.1 Å². The Morgan fingerprint density at radius 3 is 2.70 bits per heavy atom. The number of halogens is 1. The number of nitrogens with zero attached hydrogens (tertiary/aromatic N) is 1. The second kappa shape index (κ2) is 8.69. The van der Waals surface area contributed by atoms with E-state index in [1.54, 1.807) is 12.1 Å². The maximum Gasteiger partial charge on any atom is 0.338 e. The van der Waals surface area contributed by atoms with Crippen molar-refractivity contribution < 1.29 is 23.9 Å². The maximum atomic E-state index is 12.8. The van der Waals surface area contributed by atoms with Crippen LogP contribution in [0.25, 0.3) is 0 Å². The molecule has 1 fully saturated rings. The van der Waals surface area contributed by atoms with Gasteiger partial charge in [0.15, 0.2) is 0 Å². The van der Waals surface area contributed by atoms with Gasteiger partial charge in [-0.2, -0.15) is 0 Å². The van der Waals surface area contributed by atoms with E-state index in [0.29, 0.717) is 23.8 Å². The average Bonchev–Trinajstić information content (AvgIpc) is 2.98. The fourth-order valence-corrected chi connectivity index (χ4v) is 2.58. The largest absolute Gasteiger partial charge is 0.491 e. The van der Waals surface area contributed by atoms with Crippen molar-refractivity contribution in [1.82, 2.24) is 5.06 Å². The number of benzene rings is 1. The van der Waals surface area contributed by atoms with Crippen LogP contribution in [0.1, 0.15) is 32.1 Å². The molecule has 0 bridgehead atoms. The van der Waals surface area contributed by atoms with Gasteiger partial charge in [0.1, 0.15) is 18.2 Å². The Balaban J connectivity index is 1.58. The Hall–Kier alpha value is -1.86. The van der Waals surface area contributed by atoms with Crippen LogP contribution >= 0.6 is 0 Å². The van der Waals surface area contributed by atoms with Gasteiger partial charge in [-0.3, -0.25) is 5.21 Å². The molecule has 1 aromatic rings. The van der Waals surface area contributed by atoms with Gasteiger partial charge in [0.05, 0.1) is 18.8 Å². The van der Waals surface area contributed by atoms with Gasteiger partial charge in [0, 0.05) is 0 Å². The van der Waals surface area contributed by atoms with Crippen LogP contribution < -0.4 is 10.5 Å². The molecule has 1 heterocycles. The molecule has 0 unspecified atom stereocenters. The Kier molecular flexibility index (Phi) is 6.61. The average molecular weight is 326 g/mol. The summed E-state index contributed by atoms with van der Waals surface area (Å²) in [6.07, 6.45) is 4.52. The van der Waals surface area contributed by atoms with E-state index in [9.17, 15) is 9.18 Å². The molecule has 2 amide bonds. The number of nitrogens with two attached hydrogens (primary N) is 1. The van der Waals surface area contributed by atoms with Crippen molar-refractivity contribution in [2.24, 2.45) is 5.73 Å². The fraction of sp³-hybridized carbons (Fsp3) is 0.562. The van der Waals surface area contributed by atoms with Crippen molar-refractivity contribution >= 4 is 6.03 Å². The highest BCUT2D eigenvalue weighted by molar-refractivity contribution is 5.70. The number of amides is 2. The summed E-state index contributed by atoms with van der Waals surface area (Å²) in [4.78, 5) is 10.6. The van der Waals surface area contributed by atoms with Crippen molar-refractivity contribution in [2.75, 3.05) is 13.2 Å². The molecule has 7 heteroatoms. The molecule has 1 aliphatic rings. The monoisotopic (exact) mass is 326 g/mol. The van der Waals surface area contributed by atoms with Crippen LogP contribution in [-0.4, -0.2) is 41.7 Å². The molecule has 0 spiro atoms. The molecule has 128 valence electrons. The topological polar surface area (TPSA) is 85.0 Å². The molecule has 3 N–H and O–H groups in total. The smallest absolute Gasteiger partial charge is 0.338 e. The van der Waals surface area contributed by atoms with Crippen LogP contribution in [0.3, 0.4) is 0 Å². The summed E-state index contributed by atoms with van der Waals surface area (Å²) in [5, 5.41) is 9.67. The fourth-order valence-electron chi connectivity index (χ4n) is 2.58. The van der Waals surface area contributed by atoms with Crippen LogP contribution in [0.15, 0.2) is 24.3 Å². The number of primary amides is 1. The van der Waals surface area contributed by atoms with E-state index in [1.165, 1.54) is 12.1 Å². The van der Waals surface area contributed by atoms with Crippen molar-refractivity contribution in [3.8, 4) is 5.75 Å². The summed E-state index contributed by atoms with van der Waals surface area (Å²) in [6.45, 7) is 0.688. The first-order chi connectivity index (χ1) is 11.0. The molecule has 1 aromatic carbocycles. The number of carbonyl (C=O) groups is 1. The van der Waals surface area contributed by atoms with Gasteiger partial charge in [-0.05, 0) is 56.4 Å². The van der Waals surface area contributed by atoms with Gasteiger partial charge in [0.25, 0.3) is 0 Å². The number of ether oxygens (including phenoxy) is 2. The lowest BCUT2D eigenvalue weighted by Crippen LogP contribution is -2.33. The zero-order valence-corrected chi connectivity index (χ0v) is 13.0. The molecule has 2 rings (SSSR count). The zero-order chi connectivity index (χ0) is 16.7. The number of urea groups is 1. The lowest BCUT2D eigenvalue weighted by molar-refractivity contribution is -0.0414. The van der Waals surface area contributed by atoms with Crippen LogP contribution in [0.4, 0.5) is 9.18 Å². The van der Waals surface area contributed by atoms with E-state index in [-0.39, 0.29) is 24.6 Å². The van der Waals surface area contributed by atoms with E-state index in [4.69, 9.17) is 20.4 Å². The number of hydroxylamine groups is 2. The quantitative estimate of drug-likeness (QED) is 0.437. The summed E-state index contributed by atoms with van der Waals surface area (Å²) in [5.74, 6) is 0.347. The Morgan fingerprint density at radius 2 is 2.00 bits per heavy atom. The first kappa shape index (κ1) is 17.5. The van der Waals surface area contributed by atoms with E-state index >= 15 is 0 Å². The lowest BCUT2D eigenvalue weighted by Gasteiger charge is -2.15. The molecule has 0 aromatic heterocycles. The molecular formula is C16H23FN2O4. The number of rotatable bonds is 8. The van der Waals surface area contributed by atoms with Crippen molar-refractivity contribution in [1.29, 1.82) is 0 Å². The van der Waals surface area contributed by atoms with E-state index < -0.39 is 6.03 Å². The second-order valence-corrected chi connectivity index (χ2v) is 5.68. The third-order valence-electron chi connectivity index (χ3n) is 3.85. The minimum Gasteiger partial charge on any atom is -0.491 e. The Bertz CT molecular complexity index is 497. The van der Waals surface area contributed by atoms with Gasteiger partial charge in [0.2, 0.25) is 0 Å². The number of carbonyl (C=O) groups excluding carboxylic acids is 1. The van der Waals surface area contributed by atoms with Crippen LogP contribution in [0.2, 0.25) is 0 Å². The van der Waals surface area contributed by atoms with Crippen LogP contribution in [0.5, 0.6) is 5.75 Å². The summed E-state index contributed by atoms with van der Waals surface area (Å²) < 4.78 is 24.3. The Morgan fingerprint density at radius 1 is 1.30 bits per heavy atom. The molecule has 1 aliphatic heterocycles. The highest BCUT2D eigenvalue weighted by Crippen LogP contribution is 2.24. The third-order valence-corrected chi connectivity index (χ3v) is 3.85. The minimum atomic E-state index is -0.833. The molecule has 2 atom stereocenters. The van der Waals surface area contributed by atoms with E-state index in [1.807, 2.05) is 0 Å². The van der Waals surface area contributed by atoms with Gasteiger partial charge in [-0.1, -0.05) is 0 Å². The van der Waals surface area contributed by atoms with Crippen LogP contribution in [-0.2, 0) is 4.74 Å². The molecule has 1 saturated heterocycles. The molecule has 23 heavy (non-hydrogen) atoms. The molecule has 0 aliphatic carbocycles. The van der Waals surface area contributed by atoms with Crippen LogP contribution in [0, 0.1) is 5.82 Å². The van der Waals surface area contributed by atoms with E-state index in [0.717, 1.165) is 25.7 Å². The first-order valence-corrected chi connectivity index (χ1v) is 7.84. The second-order valence-electron chi connectivity index (χ2n) is 5.68. The summed E-state index contributed by atoms with van der Waals surface area (Å²) in [7, 11) is 0.